The van der Waals surface area contributed by atoms with Gasteiger partial charge < -0.3 is 23.5 Å². The maximum atomic E-state index is 13.5. The smallest absolute Gasteiger partial charge is 0.289 e. The van der Waals surface area contributed by atoms with Crippen LogP contribution in [-0.2, 0) is 11.3 Å². The summed E-state index contributed by atoms with van der Waals surface area (Å²) in [5.74, 6) is 2.35. The van der Waals surface area contributed by atoms with Gasteiger partial charge in [-0.05, 0) is 80.3 Å². The Balaban J connectivity index is 1.58. The first-order valence-electron chi connectivity index (χ1n) is 12.6. The van der Waals surface area contributed by atoms with Crippen LogP contribution in [0.3, 0.4) is 0 Å². The molecule has 1 aliphatic heterocycles. The van der Waals surface area contributed by atoms with Crippen LogP contribution in [0.25, 0.3) is 0 Å². The van der Waals surface area contributed by atoms with E-state index in [1.807, 2.05) is 23.1 Å². The van der Waals surface area contributed by atoms with Crippen LogP contribution < -0.4 is 9.47 Å². The van der Waals surface area contributed by atoms with Gasteiger partial charge in [-0.1, -0.05) is 36.4 Å². The van der Waals surface area contributed by atoms with Gasteiger partial charge in [0.05, 0.1) is 26.1 Å². The van der Waals surface area contributed by atoms with Crippen molar-refractivity contribution in [2.24, 2.45) is 5.92 Å². The molecule has 1 saturated heterocycles. The van der Waals surface area contributed by atoms with Crippen LogP contribution in [0, 0.1) is 5.92 Å². The van der Waals surface area contributed by atoms with Crippen molar-refractivity contribution in [1.29, 1.82) is 0 Å². The maximum absolute atomic E-state index is 13.5. The van der Waals surface area contributed by atoms with Crippen LogP contribution >= 0.6 is 0 Å². The number of amides is 1. The fraction of sp³-hybridized carbons (Fsp3) is 0.433. The van der Waals surface area contributed by atoms with E-state index in [0.717, 1.165) is 31.4 Å². The van der Waals surface area contributed by atoms with Crippen LogP contribution in [0.4, 0.5) is 0 Å². The van der Waals surface area contributed by atoms with Crippen molar-refractivity contribution in [2.45, 2.75) is 51.2 Å². The highest BCUT2D eigenvalue weighted by Gasteiger charge is 2.34. The largest absolute Gasteiger partial charge is 0.493 e. The predicted molar refractivity (Wildman–Crippen MR) is 140 cm³/mol. The highest BCUT2D eigenvalue weighted by atomic mass is 16.5. The van der Waals surface area contributed by atoms with E-state index < -0.39 is 0 Å². The Labute approximate surface area is 214 Å². The zero-order valence-corrected chi connectivity index (χ0v) is 21.7. The molecule has 0 spiro atoms. The van der Waals surface area contributed by atoms with Crippen molar-refractivity contribution in [2.75, 3.05) is 27.4 Å². The molecule has 4 rings (SSSR count). The molecule has 2 aromatic carbocycles. The minimum Gasteiger partial charge on any atom is -0.493 e. The lowest BCUT2D eigenvalue weighted by Crippen LogP contribution is -2.38. The van der Waals surface area contributed by atoms with E-state index in [1.165, 1.54) is 5.56 Å². The molecule has 2 atom stereocenters. The van der Waals surface area contributed by atoms with E-state index in [-0.39, 0.29) is 11.5 Å². The lowest BCUT2D eigenvalue weighted by molar-refractivity contribution is -0.0774. The van der Waals surface area contributed by atoms with Crippen molar-refractivity contribution < 1.29 is 23.4 Å². The molecule has 0 unspecified atom stereocenters. The van der Waals surface area contributed by atoms with Gasteiger partial charge in [0.2, 0.25) is 0 Å². The van der Waals surface area contributed by atoms with Gasteiger partial charge in [-0.2, -0.15) is 0 Å². The molecule has 3 aromatic rings. The Morgan fingerprint density at radius 1 is 1.06 bits per heavy atom. The summed E-state index contributed by atoms with van der Waals surface area (Å²) in [4.78, 5) is 15.3. The summed E-state index contributed by atoms with van der Waals surface area (Å²) < 4.78 is 22.4. The number of hydrogen-bond acceptors (Lipinski definition) is 5. The van der Waals surface area contributed by atoms with E-state index in [2.05, 4.69) is 44.2 Å². The highest BCUT2D eigenvalue weighted by Crippen LogP contribution is 2.40. The van der Waals surface area contributed by atoms with Gasteiger partial charge >= 0.3 is 0 Å². The lowest BCUT2D eigenvalue weighted by atomic mass is 9.75. The molecule has 1 aromatic heterocycles. The average molecular weight is 492 g/mol. The number of carbonyl (C=O) groups is 1. The molecule has 1 aliphatic rings. The maximum Gasteiger partial charge on any atom is 0.289 e. The van der Waals surface area contributed by atoms with E-state index >= 15 is 0 Å². The van der Waals surface area contributed by atoms with Crippen molar-refractivity contribution in [1.82, 2.24) is 4.90 Å². The number of nitrogens with zero attached hydrogens (tertiary/aromatic N) is 1. The van der Waals surface area contributed by atoms with Gasteiger partial charge in [-0.25, -0.2) is 0 Å². The van der Waals surface area contributed by atoms with Gasteiger partial charge in [0.1, 0.15) is 0 Å². The third-order valence-corrected chi connectivity index (χ3v) is 7.08. The monoisotopic (exact) mass is 491 g/mol. The molecule has 0 radical (unpaired) electrons. The van der Waals surface area contributed by atoms with Crippen LogP contribution in [0.15, 0.2) is 71.3 Å². The van der Waals surface area contributed by atoms with Crippen molar-refractivity contribution in [3.05, 3.63) is 83.8 Å². The molecule has 1 fully saturated rings. The van der Waals surface area contributed by atoms with Crippen molar-refractivity contribution in [3.8, 4) is 11.5 Å². The Morgan fingerprint density at radius 2 is 1.83 bits per heavy atom. The molecule has 6 heteroatoms. The van der Waals surface area contributed by atoms with Crippen LogP contribution in [0.1, 0.15) is 60.7 Å². The molecule has 192 valence electrons. The number of methoxy groups -OCH3 is 2. The standard InChI is InChI=1S/C30H37NO5/c1-30(2)20-24(15-18-36-30)25(23-9-6-5-7-10-23)14-16-31(29(32)27-11-8-17-35-27)21-22-12-13-26(33-3)28(19-22)34-4/h5-13,17,19,24-25H,14-16,18,20-21H2,1-4H3/t24-,25-/m0/s1. The van der Waals surface area contributed by atoms with Gasteiger partial charge in [0.25, 0.3) is 5.91 Å². The zero-order chi connectivity index (χ0) is 25.5. The Kier molecular flexibility index (Phi) is 8.36. The number of benzene rings is 2. The molecule has 0 saturated carbocycles. The minimum absolute atomic E-state index is 0.117. The second-order valence-corrected chi connectivity index (χ2v) is 10.1. The Hall–Kier alpha value is -3.25. The Morgan fingerprint density at radius 3 is 2.50 bits per heavy atom. The molecular formula is C30H37NO5. The van der Waals surface area contributed by atoms with Gasteiger partial charge in [0.15, 0.2) is 17.3 Å². The first-order chi connectivity index (χ1) is 17.4. The lowest BCUT2D eigenvalue weighted by Gasteiger charge is -2.40. The molecule has 6 nitrogen and oxygen atoms in total. The van der Waals surface area contributed by atoms with E-state index in [4.69, 9.17) is 18.6 Å². The van der Waals surface area contributed by atoms with E-state index in [1.54, 1.807) is 32.6 Å². The molecule has 1 amide bonds. The zero-order valence-electron chi connectivity index (χ0n) is 21.7. The molecule has 0 N–H and O–H groups in total. The highest BCUT2D eigenvalue weighted by molar-refractivity contribution is 5.91. The fourth-order valence-electron chi connectivity index (χ4n) is 5.30. The van der Waals surface area contributed by atoms with Crippen LogP contribution in [0.2, 0.25) is 0 Å². The number of ether oxygens (including phenoxy) is 3. The normalized spacial score (nSPS) is 17.8. The number of furan rings is 1. The summed E-state index contributed by atoms with van der Waals surface area (Å²) in [5.41, 5.74) is 2.15. The summed E-state index contributed by atoms with van der Waals surface area (Å²) in [5, 5.41) is 0. The molecule has 0 aliphatic carbocycles. The number of carbonyl (C=O) groups excluding carboxylic acids is 1. The second-order valence-electron chi connectivity index (χ2n) is 10.1. The summed E-state index contributed by atoms with van der Waals surface area (Å²) in [6, 6.07) is 19.9. The van der Waals surface area contributed by atoms with E-state index in [9.17, 15) is 4.79 Å². The van der Waals surface area contributed by atoms with Crippen molar-refractivity contribution >= 4 is 5.91 Å². The summed E-state index contributed by atoms with van der Waals surface area (Å²) in [6.45, 7) is 6.16. The first-order valence-corrected chi connectivity index (χ1v) is 12.6. The number of hydrogen-bond donors (Lipinski definition) is 0. The summed E-state index contributed by atoms with van der Waals surface area (Å²) >= 11 is 0. The third kappa shape index (κ3) is 6.30. The van der Waals surface area contributed by atoms with Crippen LogP contribution in [0.5, 0.6) is 11.5 Å². The second kappa shape index (κ2) is 11.7. The summed E-state index contributed by atoms with van der Waals surface area (Å²) in [7, 11) is 3.23. The SMILES string of the molecule is COc1ccc(CN(CC[C@@H](c2ccccc2)[C@H]2CCOC(C)(C)C2)C(=O)c2ccco2)cc1OC. The molecule has 0 bridgehead atoms. The fourth-order valence-corrected chi connectivity index (χ4v) is 5.30. The van der Waals surface area contributed by atoms with Crippen molar-refractivity contribution in [3.63, 3.8) is 0 Å². The first kappa shape index (κ1) is 25.8. The Bertz CT molecular complexity index is 1110. The van der Waals surface area contributed by atoms with E-state index in [0.29, 0.717) is 42.2 Å². The minimum atomic E-state index is -0.140. The third-order valence-electron chi connectivity index (χ3n) is 7.08. The summed E-state index contributed by atoms with van der Waals surface area (Å²) in [6.07, 6.45) is 4.41. The topological polar surface area (TPSA) is 61.1 Å². The van der Waals surface area contributed by atoms with Gasteiger partial charge in [-0.3, -0.25) is 4.79 Å². The molecular weight excluding hydrogens is 454 g/mol. The average Bonchev–Trinajstić information content (AvgIpc) is 3.43. The quantitative estimate of drug-likeness (QED) is 0.332. The predicted octanol–water partition coefficient (Wildman–Crippen LogP) is 6.32. The molecule has 2 heterocycles. The van der Waals surface area contributed by atoms with Gasteiger partial charge in [-0.15, -0.1) is 0 Å². The van der Waals surface area contributed by atoms with Crippen LogP contribution in [-0.4, -0.2) is 43.8 Å². The van der Waals surface area contributed by atoms with Gasteiger partial charge in [0, 0.05) is 19.7 Å². The number of rotatable bonds is 10. The molecule has 36 heavy (non-hydrogen) atoms.